The molecule has 2 aromatic carbocycles. The van der Waals surface area contributed by atoms with Crippen LogP contribution in [0.2, 0.25) is 6.82 Å². The maximum atomic E-state index is 13.1. The molecule has 3 rings (SSSR count). The van der Waals surface area contributed by atoms with Gasteiger partial charge in [0.05, 0.1) is 5.41 Å². The van der Waals surface area contributed by atoms with Crippen LogP contribution in [0.15, 0.2) is 60.1 Å². The average Bonchev–Trinajstić information content (AvgIpc) is 3.17. The Morgan fingerprint density at radius 3 is 2.56 bits per heavy atom. The van der Waals surface area contributed by atoms with Crippen LogP contribution in [0.25, 0.3) is 0 Å². The molecule has 0 bridgehead atoms. The number of aromatic nitrogens is 1. The monoisotopic (exact) mass is 378 g/mol. The number of amides is 1. The summed E-state index contributed by atoms with van der Waals surface area (Å²) in [4.78, 5) is 17.3. The van der Waals surface area contributed by atoms with E-state index in [1.54, 1.807) is 12.3 Å². The van der Waals surface area contributed by atoms with E-state index in [-0.39, 0.29) is 17.6 Å². The summed E-state index contributed by atoms with van der Waals surface area (Å²) in [5.41, 5.74) is 2.22. The Balaban J connectivity index is 2.05. The minimum absolute atomic E-state index is 0.0857. The summed E-state index contributed by atoms with van der Waals surface area (Å²) in [6, 6.07) is 15.7. The lowest BCUT2D eigenvalue weighted by Crippen LogP contribution is -2.37. The molecular formula is C21H23BN2O2S. The minimum Gasteiger partial charge on any atom is -0.509 e. The number of aromatic hydroxyl groups is 1. The van der Waals surface area contributed by atoms with Gasteiger partial charge in [0.2, 0.25) is 5.91 Å². The van der Waals surface area contributed by atoms with Crippen molar-refractivity contribution in [3.63, 3.8) is 0 Å². The molecule has 0 aliphatic carbocycles. The number of hydrogen-bond donors (Lipinski definition) is 2. The normalized spacial score (nSPS) is 12.4. The number of benzene rings is 2. The van der Waals surface area contributed by atoms with Gasteiger partial charge in [-0.3, -0.25) is 4.79 Å². The van der Waals surface area contributed by atoms with Crippen LogP contribution in [0.3, 0.4) is 0 Å². The summed E-state index contributed by atoms with van der Waals surface area (Å²) in [6.07, 6.45) is 1.68. The Morgan fingerprint density at radius 1 is 1.19 bits per heavy atom. The van der Waals surface area contributed by atoms with E-state index in [4.69, 9.17) is 0 Å². The number of carbonyl (C=O) groups excluding carboxylic acids is 1. The molecule has 0 saturated carbocycles. The number of thiazole rings is 1. The molecule has 1 amide bonds. The topological polar surface area (TPSA) is 62.2 Å². The van der Waals surface area contributed by atoms with Crippen molar-refractivity contribution in [2.75, 3.05) is 5.32 Å². The van der Waals surface area contributed by atoms with E-state index in [1.165, 1.54) is 11.3 Å². The number of phenols is 1. The molecule has 0 radical (unpaired) electrons. The van der Waals surface area contributed by atoms with Crippen molar-refractivity contribution < 1.29 is 9.90 Å². The Hall–Kier alpha value is -2.60. The third-order valence-corrected chi connectivity index (χ3v) is 5.60. The molecule has 4 nitrogen and oxygen atoms in total. The van der Waals surface area contributed by atoms with Gasteiger partial charge in [-0.05, 0) is 22.7 Å². The van der Waals surface area contributed by atoms with Crippen LogP contribution in [-0.4, -0.2) is 23.3 Å². The fourth-order valence-corrected chi connectivity index (χ4v) is 3.94. The van der Waals surface area contributed by atoms with Crippen LogP contribution in [0.5, 0.6) is 5.75 Å². The Bertz CT molecular complexity index is 911. The lowest BCUT2D eigenvalue weighted by Gasteiger charge is -2.34. The van der Waals surface area contributed by atoms with E-state index < -0.39 is 5.41 Å². The van der Waals surface area contributed by atoms with Crippen LogP contribution in [0, 0.1) is 5.41 Å². The van der Waals surface area contributed by atoms with Gasteiger partial charge in [0, 0.05) is 17.5 Å². The Morgan fingerprint density at radius 2 is 1.93 bits per heavy atom. The molecule has 0 unspecified atom stereocenters. The predicted molar refractivity (Wildman–Crippen MR) is 114 cm³/mol. The molecular weight excluding hydrogens is 355 g/mol. The highest BCUT2D eigenvalue weighted by Gasteiger charge is 2.39. The summed E-state index contributed by atoms with van der Waals surface area (Å²) >= 11 is 1.40. The molecule has 0 spiro atoms. The number of rotatable bonds is 6. The lowest BCUT2D eigenvalue weighted by molar-refractivity contribution is -0.124. The molecule has 0 saturated heterocycles. The van der Waals surface area contributed by atoms with Gasteiger partial charge in [-0.1, -0.05) is 63.1 Å². The molecule has 1 aromatic heterocycles. The summed E-state index contributed by atoms with van der Waals surface area (Å²) in [6.45, 7) is 5.91. The third-order valence-electron chi connectivity index (χ3n) is 4.91. The Labute approximate surface area is 164 Å². The van der Waals surface area contributed by atoms with Crippen LogP contribution in [0.4, 0.5) is 5.13 Å². The number of carbonyl (C=O) groups is 1. The molecule has 2 N–H and O–H groups in total. The first-order valence-corrected chi connectivity index (χ1v) is 9.89. The second-order valence-corrected chi connectivity index (χ2v) is 7.99. The van der Waals surface area contributed by atoms with E-state index in [0.29, 0.717) is 5.13 Å². The molecule has 1 atom stereocenters. The van der Waals surface area contributed by atoms with E-state index in [9.17, 15) is 9.90 Å². The first kappa shape index (κ1) is 19.2. The zero-order valence-corrected chi connectivity index (χ0v) is 16.6. The first-order chi connectivity index (χ1) is 12.9. The van der Waals surface area contributed by atoms with Gasteiger partial charge in [-0.25, -0.2) is 4.98 Å². The summed E-state index contributed by atoms with van der Waals surface area (Å²) < 4.78 is 0. The fourth-order valence-electron chi connectivity index (χ4n) is 3.41. The van der Waals surface area contributed by atoms with Gasteiger partial charge in [0.25, 0.3) is 0 Å². The van der Waals surface area contributed by atoms with Crippen LogP contribution < -0.4 is 10.8 Å². The molecule has 0 aliphatic rings. The number of nitrogens with one attached hydrogen (secondary N) is 1. The van der Waals surface area contributed by atoms with Crippen LogP contribution >= 0.6 is 11.3 Å². The van der Waals surface area contributed by atoms with Crippen molar-refractivity contribution in [2.24, 2.45) is 5.41 Å². The maximum Gasteiger partial charge on any atom is 0.232 e. The average molecular weight is 378 g/mol. The second-order valence-electron chi connectivity index (χ2n) is 7.10. The SMILES string of the molecule is CBc1cc([C@H](c2ccccc2)C(C)(C)C(=O)Nc2nccs2)ccc1O. The largest absolute Gasteiger partial charge is 0.509 e. The van der Waals surface area contributed by atoms with Gasteiger partial charge >= 0.3 is 0 Å². The number of anilines is 1. The lowest BCUT2D eigenvalue weighted by atomic mass is 9.67. The van der Waals surface area contributed by atoms with Crippen molar-refractivity contribution in [1.29, 1.82) is 0 Å². The quantitative estimate of drug-likeness (QED) is 0.642. The standard InChI is InChI=1S/C21H23BN2O2S/c1-21(2,19(26)24-20-23-11-12-27-20)18(14-7-5-4-6-8-14)15-9-10-17(25)16(13-15)22-3/h4-13,18,22,25H,1-3H3,(H,23,24,26)/t18-/m0/s1. The van der Waals surface area contributed by atoms with Gasteiger partial charge in [0.1, 0.15) is 5.75 Å². The van der Waals surface area contributed by atoms with Crippen molar-refractivity contribution in [3.8, 4) is 5.75 Å². The zero-order valence-electron chi connectivity index (χ0n) is 15.8. The smallest absolute Gasteiger partial charge is 0.232 e. The van der Waals surface area contributed by atoms with E-state index in [2.05, 4.69) is 10.3 Å². The summed E-state index contributed by atoms with van der Waals surface area (Å²) in [5, 5.41) is 15.5. The van der Waals surface area contributed by atoms with Crippen molar-refractivity contribution in [1.82, 2.24) is 4.98 Å². The maximum absolute atomic E-state index is 13.1. The Kier molecular flexibility index (Phi) is 5.66. The molecule has 27 heavy (non-hydrogen) atoms. The summed E-state index contributed by atoms with van der Waals surface area (Å²) in [5.74, 6) is 0.0418. The van der Waals surface area contributed by atoms with Gasteiger partial charge in [-0.15, -0.1) is 11.3 Å². The van der Waals surface area contributed by atoms with Crippen LogP contribution in [0.1, 0.15) is 30.9 Å². The van der Waals surface area contributed by atoms with Crippen molar-refractivity contribution >= 4 is 35.1 Å². The predicted octanol–water partition coefficient (Wildman–Crippen LogP) is 3.76. The second kappa shape index (κ2) is 7.97. The number of nitrogens with zero attached hydrogens (tertiary/aromatic N) is 1. The van der Waals surface area contributed by atoms with Crippen molar-refractivity contribution in [3.05, 3.63) is 71.2 Å². The van der Waals surface area contributed by atoms with E-state index >= 15 is 0 Å². The molecule has 0 fully saturated rings. The zero-order chi connectivity index (χ0) is 19.4. The molecule has 138 valence electrons. The first-order valence-electron chi connectivity index (χ1n) is 9.01. The van der Waals surface area contributed by atoms with E-state index in [1.807, 2.05) is 68.5 Å². The molecule has 0 aliphatic heterocycles. The van der Waals surface area contributed by atoms with Gasteiger partial charge in [0.15, 0.2) is 12.4 Å². The molecule has 6 heteroatoms. The highest BCUT2D eigenvalue weighted by Crippen LogP contribution is 2.42. The molecule has 3 aromatic rings. The number of hydrogen-bond acceptors (Lipinski definition) is 4. The summed E-state index contributed by atoms with van der Waals surface area (Å²) in [7, 11) is 0.729. The van der Waals surface area contributed by atoms with Crippen molar-refractivity contribution in [2.45, 2.75) is 26.6 Å². The highest BCUT2D eigenvalue weighted by molar-refractivity contribution is 7.13. The van der Waals surface area contributed by atoms with Gasteiger partial charge in [-0.2, -0.15) is 0 Å². The number of phenolic OH excluding ortho intramolecular Hbond substituents is 1. The highest BCUT2D eigenvalue weighted by atomic mass is 32.1. The molecule has 1 heterocycles. The van der Waals surface area contributed by atoms with Gasteiger partial charge < -0.3 is 10.4 Å². The fraction of sp³-hybridized carbons (Fsp3) is 0.238. The van der Waals surface area contributed by atoms with Crippen LogP contribution in [-0.2, 0) is 4.79 Å². The third kappa shape index (κ3) is 4.06. The van der Waals surface area contributed by atoms with E-state index in [0.717, 1.165) is 23.9 Å². The minimum atomic E-state index is -0.727.